The summed E-state index contributed by atoms with van der Waals surface area (Å²) in [6, 6.07) is 9.35. The minimum absolute atomic E-state index is 0.0509. The lowest BCUT2D eigenvalue weighted by molar-refractivity contribution is -0.137. The van der Waals surface area contributed by atoms with Gasteiger partial charge in [-0.25, -0.2) is 9.97 Å². The topological polar surface area (TPSA) is 99.1 Å². The third kappa shape index (κ3) is 4.74. The van der Waals surface area contributed by atoms with Crippen LogP contribution in [0.2, 0.25) is 0 Å². The number of amides is 1. The molecule has 1 aromatic carbocycles. The molecule has 1 amide bonds. The average Bonchev–Trinajstić information content (AvgIpc) is 3.19. The van der Waals surface area contributed by atoms with E-state index in [-0.39, 0.29) is 11.8 Å². The van der Waals surface area contributed by atoms with Crippen molar-refractivity contribution < 1.29 is 13.2 Å². The summed E-state index contributed by atoms with van der Waals surface area (Å²) in [5.41, 5.74) is 2.53. The second kappa shape index (κ2) is 10.0. The van der Waals surface area contributed by atoms with Crippen LogP contribution in [-0.4, -0.2) is 79.2 Å². The summed E-state index contributed by atoms with van der Waals surface area (Å²) in [6.45, 7) is 7.94. The van der Waals surface area contributed by atoms with Crippen LogP contribution in [0.1, 0.15) is 37.3 Å². The minimum atomic E-state index is -3.75. The fourth-order valence-corrected chi connectivity index (χ4v) is 6.77. The van der Waals surface area contributed by atoms with E-state index in [0.717, 1.165) is 24.2 Å². The van der Waals surface area contributed by atoms with Crippen molar-refractivity contribution in [2.75, 3.05) is 44.2 Å². The van der Waals surface area contributed by atoms with Crippen LogP contribution >= 0.6 is 0 Å². The van der Waals surface area contributed by atoms with Gasteiger partial charge in [-0.05, 0) is 37.8 Å². The van der Waals surface area contributed by atoms with Crippen LogP contribution in [0.3, 0.4) is 0 Å². The van der Waals surface area contributed by atoms with Gasteiger partial charge < -0.3 is 14.7 Å². The molecule has 0 bridgehead atoms. The normalized spacial score (nSPS) is 20.6. The van der Waals surface area contributed by atoms with Crippen LogP contribution in [0, 0.1) is 12.8 Å². The highest BCUT2D eigenvalue weighted by Gasteiger charge is 2.37. The molecule has 0 unspecified atom stereocenters. The smallest absolute Gasteiger partial charge is 0.285 e. The molecule has 0 spiro atoms. The van der Waals surface area contributed by atoms with Crippen molar-refractivity contribution in [3.05, 3.63) is 59.4 Å². The minimum Gasteiger partial charge on any atom is -0.356 e. The molecule has 0 atom stereocenters. The summed E-state index contributed by atoms with van der Waals surface area (Å²) in [6.07, 6.45) is 5.43. The molecule has 2 fully saturated rings. The summed E-state index contributed by atoms with van der Waals surface area (Å²) in [4.78, 5) is 28.3. The maximum Gasteiger partial charge on any atom is 0.285 e. The number of nitrogens with zero attached hydrogens (tertiary/aromatic N) is 6. The van der Waals surface area contributed by atoms with Crippen molar-refractivity contribution in [1.82, 2.24) is 19.8 Å². The second-order valence-electron chi connectivity index (χ2n) is 9.54. The maximum atomic E-state index is 13.2. The molecule has 9 nitrogen and oxygen atoms in total. The van der Waals surface area contributed by atoms with Crippen LogP contribution in [0.25, 0.3) is 4.91 Å². The molecule has 36 heavy (non-hydrogen) atoms. The number of amidine groups is 1. The van der Waals surface area contributed by atoms with E-state index in [4.69, 9.17) is 0 Å². The predicted octanol–water partition coefficient (Wildman–Crippen LogP) is 2.71. The molecule has 2 aromatic rings. The summed E-state index contributed by atoms with van der Waals surface area (Å²) in [5.74, 6) is 1.39. The largest absolute Gasteiger partial charge is 0.356 e. The van der Waals surface area contributed by atoms with Crippen LogP contribution in [0.4, 0.5) is 5.95 Å². The van der Waals surface area contributed by atoms with Crippen LogP contribution in [0.5, 0.6) is 0 Å². The van der Waals surface area contributed by atoms with Gasteiger partial charge in [0.15, 0.2) is 0 Å². The van der Waals surface area contributed by atoms with Gasteiger partial charge in [0.1, 0.15) is 10.7 Å². The molecular formula is C26H32N6O3S. The number of hydrogen-bond acceptors (Lipinski definition) is 7. The highest BCUT2D eigenvalue weighted by molar-refractivity contribution is 8.00. The summed E-state index contributed by atoms with van der Waals surface area (Å²) in [5, 5.41) is 0. The molecule has 1 aromatic heterocycles. The van der Waals surface area contributed by atoms with E-state index in [1.807, 2.05) is 47.9 Å². The van der Waals surface area contributed by atoms with E-state index in [2.05, 4.69) is 19.3 Å². The van der Waals surface area contributed by atoms with E-state index in [1.165, 1.54) is 0 Å². The fourth-order valence-electron chi connectivity index (χ4n) is 5.24. The van der Waals surface area contributed by atoms with Crippen molar-refractivity contribution in [2.45, 2.75) is 33.1 Å². The number of rotatable bonds is 4. The van der Waals surface area contributed by atoms with Crippen molar-refractivity contribution in [2.24, 2.45) is 10.3 Å². The summed E-state index contributed by atoms with van der Waals surface area (Å²) >= 11 is 0. The highest BCUT2D eigenvalue weighted by atomic mass is 32.2. The number of sulfonamides is 1. The molecule has 3 aliphatic heterocycles. The second-order valence-corrected chi connectivity index (χ2v) is 11.1. The van der Waals surface area contributed by atoms with E-state index in [0.29, 0.717) is 67.7 Å². The number of aromatic nitrogens is 2. The maximum absolute atomic E-state index is 13.2. The van der Waals surface area contributed by atoms with Crippen LogP contribution in [0.15, 0.2) is 52.7 Å². The summed E-state index contributed by atoms with van der Waals surface area (Å²) < 4.78 is 30.3. The molecule has 0 aliphatic carbocycles. The Morgan fingerprint density at radius 3 is 2.19 bits per heavy atom. The third-order valence-electron chi connectivity index (χ3n) is 7.25. The summed E-state index contributed by atoms with van der Waals surface area (Å²) in [7, 11) is -3.75. The van der Waals surface area contributed by atoms with Gasteiger partial charge in [-0.3, -0.25) is 4.79 Å². The van der Waals surface area contributed by atoms with Gasteiger partial charge in [-0.15, -0.1) is 4.40 Å². The highest BCUT2D eigenvalue weighted by Crippen LogP contribution is 2.36. The van der Waals surface area contributed by atoms with E-state index in [1.54, 1.807) is 18.5 Å². The molecule has 10 heteroatoms. The molecule has 3 aliphatic rings. The van der Waals surface area contributed by atoms with Crippen molar-refractivity contribution in [3.8, 4) is 0 Å². The number of piperidine rings is 1. The van der Waals surface area contributed by atoms with E-state index >= 15 is 0 Å². The zero-order valence-corrected chi connectivity index (χ0v) is 21.6. The lowest BCUT2D eigenvalue weighted by atomic mass is 9.94. The van der Waals surface area contributed by atoms with Crippen molar-refractivity contribution in [1.29, 1.82) is 0 Å². The molecule has 2 saturated heterocycles. The number of anilines is 1. The lowest BCUT2D eigenvalue weighted by Crippen LogP contribution is -2.52. The Morgan fingerprint density at radius 1 is 0.944 bits per heavy atom. The lowest BCUT2D eigenvalue weighted by Gasteiger charge is -2.39. The van der Waals surface area contributed by atoms with E-state index < -0.39 is 10.0 Å². The van der Waals surface area contributed by atoms with Gasteiger partial charge in [-0.1, -0.05) is 36.8 Å². The van der Waals surface area contributed by atoms with Gasteiger partial charge in [0.05, 0.1) is 0 Å². The first kappa shape index (κ1) is 24.4. The molecule has 0 saturated carbocycles. The Labute approximate surface area is 212 Å². The van der Waals surface area contributed by atoms with Gasteiger partial charge in [0, 0.05) is 63.2 Å². The predicted molar refractivity (Wildman–Crippen MR) is 140 cm³/mol. The quantitative estimate of drug-likeness (QED) is 0.626. The zero-order chi connectivity index (χ0) is 25.3. The number of hydrogen-bond donors (Lipinski definition) is 0. The molecule has 0 N–H and O–H groups in total. The van der Waals surface area contributed by atoms with Crippen molar-refractivity contribution >= 4 is 32.6 Å². The SMILES string of the molecule is CCC1=C(c2ccc(C)cc2)S(=O)(=O)N=C1N1CCC(C(=O)N2CCN(c3ncccn3)CC2)CC1. The van der Waals surface area contributed by atoms with Gasteiger partial charge >= 0.3 is 0 Å². The fraction of sp³-hybridized carbons (Fsp3) is 0.462. The van der Waals surface area contributed by atoms with Crippen LogP contribution < -0.4 is 4.90 Å². The number of likely N-dealkylation sites (tertiary alicyclic amines) is 1. The first-order valence-corrected chi connectivity index (χ1v) is 14.0. The Balaban J connectivity index is 1.23. The number of carbonyl (C=O) groups is 1. The Morgan fingerprint density at radius 2 is 1.58 bits per heavy atom. The van der Waals surface area contributed by atoms with Gasteiger partial charge in [-0.2, -0.15) is 8.42 Å². The Hall–Kier alpha value is -3.27. The molecular weight excluding hydrogens is 476 g/mol. The number of piperazine rings is 1. The molecule has 5 rings (SSSR count). The Bertz CT molecular complexity index is 1270. The monoisotopic (exact) mass is 508 g/mol. The molecule has 190 valence electrons. The first-order valence-electron chi connectivity index (χ1n) is 12.6. The average molecular weight is 509 g/mol. The van der Waals surface area contributed by atoms with Gasteiger partial charge in [0.2, 0.25) is 11.9 Å². The standard InChI is InChI=1S/C26H32N6O3S/c1-3-22-23(20-7-5-19(2)6-8-20)36(34,35)29-24(22)30-13-9-21(10-14-30)25(33)31-15-17-32(18-16-31)26-27-11-4-12-28-26/h4-8,11-12,21H,3,9-10,13-18H2,1-2H3. The Kier molecular flexibility index (Phi) is 6.79. The van der Waals surface area contributed by atoms with Gasteiger partial charge in [0.25, 0.3) is 10.0 Å². The van der Waals surface area contributed by atoms with E-state index in [9.17, 15) is 13.2 Å². The third-order valence-corrected chi connectivity index (χ3v) is 8.66. The molecule has 4 heterocycles. The first-order chi connectivity index (χ1) is 17.4. The number of carbonyl (C=O) groups excluding carboxylic acids is 1. The zero-order valence-electron chi connectivity index (χ0n) is 20.8. The molecule has 0 radical (unpaired) electrons. The number of benzene rings is 1. The number of aryl methyl sites for hydroxylation is 1. The van der Waals surface area contributed by atoms with Crippen molar-refractivity contribution in [3.63, 3.8) is 0 Å². The van der Waals surface area contributed by atoms with Crippen LogP contribution in [-0.2, 0) is 14.8 Å².